The molecule has 0 aliphatic rings. The molecular formula is C17H12FNO. The number of rotatable bonds is 3. The van der Waals surface area contributed by atoms with Crippen molar-refractivity contribution in [1.29, 1.82) is 5.26 Å². The van der Waals surface area contributed by atoms with Crippen molar-refractivity contribution in [3.8, 4) is 6.07 Å². The number of ketones is 1. The predicted octanol–water partition coefficient (Wildman–Crippen LogP) is 3.92. The highest BCUT2D eigenvalue weighted by molar-refractivity contribution is 6.14. The van der Waals surface area contributed by atoms with E-state index in [4.69, 9.17) is 5.26 Å². The molecule has 0 spiro atoms. The molecule has 0 radical (unpaired) electrons. The van der Waals surface area contributed by atoms with Gasteiger partial charge in [0.1, 0.15) is 17.5 Å². The van der Waals surface area contributed by atoms with Gasteiger partial charge < -0.3 is 0 Å². The van der Waals surface area contributed by atoms with Crippen LogP contribution in [0.1, 0.15) is 21.5 Å². The highest BCUT2D eigenvalue weighted by Gasteiger charge is 2.12. The van der Waals surface area contributed by atoms with Crippen molar-refractivity contribution in [2.75, 3.05) is 0 Å². The lowest BCUT2D eigenvalue weighted by Crippen LogP contribution is -2.02. The van der Waals surface area contributed by atoms with E-state index in [2.05, 4.69) is 0 Å². The van der Waals surface area contributed by atoms with Crippen molar-refractivity contribution in [3.63, 3.8) is 0 Å². The van der Waals surface area contributed by atoms with E-state index >= 15 is 0 Å². The third-order valence-corrected chi connectivity index (χ3v) is 2.81. The van der Waals surface area contributed by atoms with Crippen LogP contribution in [0.2, 0.25) is 0 Å². The van der Waals surface area contributed by atoms with Crippen LogP contribution >= 0.6 is 0 Å². The molecule has 0 saturated carbocycles. The number of halogens is 1. The lowest BCUT2D eigenvalue weighted by Gasteiger charge is -2.01. The molecule has 0 unspecified atom stereocenters. The van der Waals surface area contributed by atoms with E-state index in [1.54, 1.807) is 24.3 Å². The fraction of sp³-hybridized carbons (Fsp3) is 0.0588. The standard InChI is InChI=1S/C17H12FNO/c1-12-4-2-6-14(8-12)17(20)15(11-19)9-13-5-3-7-16(18)10-13/h2-10H,1H3/b15-9+. The molecule has 2 rings (SSSR count). The zero-order valence-electron chi connectivity index (χ0n) is 10.9. The topological polar surface area (TPSA) is 40.9 Å². The molecule has 98 valence electrons. The molecule has 3 heteroatoms. The van der Waals surface area contributed by atoms with Gasteiger partial charge in [-0.05, 0) is 36.8 Å². The van der Waals surface area contributed by atoms with Crippen molar-refractivity contribution in [1.82, 2.24) is 0 Å². The maximum Gasteiger partial charge on any atom is 0.203 e. The second-order valence-corrected chi connectivity index (χ2v) is 4.42. The number of Topliss-reactive ketones (excluding diaryl/α,β-unsaturated/α-hetero) is 1. The summed E-state index contributed by atoms with van der Waals surface area (Å²) in [5.41, 5.74) is 1.87. The summed E-state index contributed by atoms with van der Waals surface area (Å²) in [4.78, 5) is 12.2. The van der Waals surface area contributed by atoms with Gasteiger partial charge in [0.15, 0.2) is 0 Å². The molecule has 2 nitrogen and oxygen atoms in total. The number of nitriles is 1. The van der Waals surface area contributed by atoms with Crippen LogP contribution in [0.25, 0.3) is 6.08 Å². The average molecular weight is 265 g/mol. The number of carbonyl (C=O) groups is 1. The van der Waals surface area contributed by atoms with Crippen LogP contribution in [-0.4, -0.2) is 5.78 Å². The summed E-state index contributed by atoms with van der Waals surface area (Å²) in [7, 11) is 0. The van der Waals surface area contributed by atoms with Crippen LogP contribution in [0.4, 0.5) is 4.39 Å². The van der Waals surface area contributed by atoms with E-state index in [0.717, 1.165) is 5.56 Å². The van der Waals surface area contributed by atoms with Gasteiger partial charge in [-0.15, -0.1) is 0 Å². The van der Waals surface area contributed by atoms with E-state index in [9.17, 15) is 9.18 Å². The van der Waals surface area contributed by atoms with Gasteiger partial charge in [0, 0.05) is 5.56 Å². The number of aryl methyl sites for hydroxylation is 1. The fourth-order valence-corrected chi connectivity index (χ4v) is 1.85. The van der Waals surface area contributed by atoms with Crippen LogP contribution in [-0.2, 0) is 0 Å². The Morgan fingerprint density at radius 2 is 1.95 bits per heavy atom. The minimum Gasteiger partial charge on any atom is -0.288 e. The van der Waals surface area contributed by atoms with E-state index < -0.39 is 5.82 Å². The van der Waals surface area contributed by atoms with Gasteiger partial charge in [-0.25, -0.2) is 4.39 Å². The minimum atomic E-state index is -0.404. The molecule has 20 heavy (non-hydrogen) atoms. The molecule has 0 bridgehead atoms. The first-order chi connectivity index (χ1) is 9.60. The lowest BCUT2D eigenvalue weighted by atomic mass is 10.0. The minimum absolute atomic E-state index is 0.0128. The molecule has 2 aromatic carbocycles. The van der Waals surface area contributed by atoms with Crippen LogP contribution < -0.4 is 0 Å². The Morgan fingerprint density at radius 1 is 1.20 bits per heavy atom. The number of allylic oxidation sites excluding steroid dienone is 1. The Balaban J connectivity index is 2.38. The number of benzene rings is 2. The van der Waals surface area contributed by atoms with Crippen molar-refractivity contribution >= 4 is 11.9 Å². The van der Waals surface area contributed by atoms with Crippen LogP contribution in [0.15, 0.2) is 54.1 Å². The average Bonchev–Trinajstić information content (AvgIpc) is 2.44. The maximum absolute atomic E-state index is 13.1. The zero-order chi connectivity index (χ0) is 14.5. The number of hydrogen-bond acceptors (Lipinski definition) is 2. The third-order valence-electron chi connectivity index (χ3n) is 2.81. The Bertz CT molecular complexity index is 726. The van der Waals surface area contributed by atoms with Crippen LogP contribution in [0.3, 0.4) is 0 Å². The van der Waals surface area contributed by atoms with Gasteiger partial charge >= 0.3 is 0 Å². The summed E-state index contributed by atoms with van der Waals surface area (Å²) < 4.78 is 13.1. The van der Waals surface area contributed by atoms with Gasteiger partial charge in [0.25, 0.3) is 0 Å². The van der Waals surface area contributed by atoms with Crippen molar-refractivity contribution in [3.05, 3.63) is 76.6 Å². The molecule has 0 fully saturated rings. The largest absolute Gasteiger partial charge is 0.288 e. The first-order valence-corrected chi connectivity index (χ1v) is 6.09. The zero-order valence-corrected chi connectivity index (χ0v) is 10.9. The summed E-state index contributed by atoms with van der Waals surface area (Å²) in [5, 5.41) is 9.12. The molecule has 0 atom stereocenters. The Labute approximate surface area is 116 Å². The molecule has 0 heterocycles. The molecule has 0 aromatic heterocycles. The van der Waals surface area contributed by atoms with Crippen LogP contribution in [0, 0.1) is 24.1 Å². The number of hydrogen-bond donors (Lipinski definition) is 0. The summed E-state index contributed by atoms with van der Waals surface area (Å²) in [6, 6.07) is 14.7. The quantitative estimate of drug-likeness (QED) is 0.479. The summed E-state index contributed by atoms with van der Waals surface area (Å²) >= 11 is 0. The molecule has 0 N–H and O–H groups in total. The normalized spacial score (nSPS) is 10.9. The van der Waals surface area contributed by atoms with E-state index in [0.29, 0.717) is 11.1 Å². The molecule has 2 aromatic rings. The third kappa shape index (κ3) is 3.18. The smallest absolute Gasteiger partial charge is 0.203 e. The second kappa shape index (κ2) is 5.94. The summed E-state index contributed by atoms with van der Waals surface area (Å²) in [6.45, 7) is 1.87. The highest BCUT2D eigenvalue weighted by atomic mass is 19.1. The van der Waals surface area contributed by atoms with Gasteiger partial charge in [-0.2, -0.15) is 5.26 Å². The molecule has 0 saturated heterocycles. The van der Waals surface area contributed by atoms with Crippen molar-refractivity contribution < 1.29 is 9.18 Å². The van der Waals surface area contributed by atoms with E-state index in [-0.39, 0.29) is 11.4 Å². The Hall–Kier alpha value is -2.73. The molecule has 0 aliphatic carbocycles. The SMILES string of the molecule is Cc1cccc(C(=O)/C(C#N)=C/c2cccc(F)c2)c1. The summed E-state index contributed by atoms with van der Waals surface area (Å²) in [5.74, 6) is -0.764. The van der Waals surface area contributed by atoms with Crippen LogP contribution in [0.5, 0.6) is 0 Å². The van der Waals surface area contributed by atoms with Crippen molar-refractivity contribution in [2.45, 2.75) is 6.92 Å². The fourth-order valence-electron chi connectivity index (χ4n) is 1.85. The maximum atomic E-state index is 13.1. The highest BCUT2D eigenvalue weighted by Crippen LogP contribution is 2.14. The van der Waals surface area contributed by atoms with Gasteiger partial charge in [0.05, 0.1) is 0 Å². The van der Waals surface area contributed by atoms with Gasteiger partial charge in [-0.1, -0.05) is 35.9 Å². The first kappa shape index (κ1) is 13.7. The molecule has 0 amide bonds. The lowest BCUT2D eigenvalue weighted by molar-refractivity contribution is 0.104. The molecule has 0 aliphatic heterocycles. The summed E-state index contributed by atoms with van der Waals surface area (Å²) in [6.07, 6.45) is 1.40. The van der Waals surface area contributed by atoms with Gasteiger partial charge in [-0.3, -0.25) is 4.79 Å². The number of carbonyl (C=O) groups excluding carboxylic acids is 1. The first-order valence-electron chi connectivity index (χ1n) is 6.09. The Morgan fingerprint density at radius 3 is 2.60 bits per heavy atom. The molecular weight excluding hydrogens is 253 g/mol. The predicted molar refractivity (Wildman–Crippen MR) is 75.5 cm³/mol. The van der Waals surface area contributed by atoms with Gasteiger partial charge in [0.2, 0.25) is 5.78 Å². The second-order valence-electron chi connectivity index (χ2n) is 4.42. The van der Waals surface area contributed by atoms with E-state index in [1.165, 1.54) is 24.3 Å². The van der Waals surface area contributed by atoms with E-state index in [1.807, 2.05) is 19.1 Å². The number of nitrogens with zero attached hydrogens (tertiary/aromatic N) is 1. The monoisotopic (exact) mass is 265 g/mol. The van der Waals surface area contributed by atoms with Crippen molar-refractivity contribution in [2.24, 2.45) is 0 Å². The Kier molecular flexibility index (Phi) is 4.07.